The van der Waals surface area contributed by atoms with Crippen molar-refractivity contribution in [3.05, 3.63) is 64.1 Å². The van der Waals surface area contributed by atoms with Crippen LogP contribution in [0.5, 0.6) is 0 Å². The standard InChI is InChI=1S/C17H12Cl2N2O2/c18-12-7-5-11(9-13(12)19)6-8-17(23)21-10-16(22)20-14-3-1-2-4-15(14)21/h1-9H,10H2,(H,20,22)/b8-6+. The molecule has 4 nitrogen and oxygen atoms in total. The third-order valence-electron chi connectivity index (χ3n) is 3.40. The van der Waals surface area contributed by atoms with Gasteiger partial charge in [0.15, 0.2) is 0 Å². The lowest BCUT2D eigenvalue weighted by Gasteiger charge is -2.28. The van der Waals surface area contributed by atoms with Gasteiger partial charge in [-0.25, -0.2) is 0 Å². The van der Waals surface area contributed by atoms with Gasteiger partial charge < -0.3 is 5.32 Å². The van der Waals surface area contributed by atoms with Gasteiger partial charge in [-0.1, -0.05) is 41.4 Å². The lowest BCUT2D eigenvalue weighted by atomic mass is 10.1. The minimum Gasteiger partial charge on any atom is -0.323 e. The first-order valence-corrected chi connectivity index (χ1v) is 7.64. The van der Waals surface area contributed by atoms with E-state index in [0.717, 1.165) is 5.56 Å². The first-order chi connectivity index (χ1) is 11.0. The summed E-state index contributed by atoms with van der Waals surface area (Å²) in [7, 11) is 0. The largest absolute Gasteiger partial charge is 0.323 e. The lowest BCUT2D eigenvalue weighted by molar-refractivity contribution is -0.119. The summed E-state index contributed by atoms with van der Waals surface area (Å²) in [5.74, 6) is -0.502. The molecule has 1 aliphatic heterocycles. The Morgan fingerprint density at radius 1 is 1.13 bits per heavy atom. The van der Waals surface area contributed by atoms with Gasteiger partial charge in [-0.3, -0.25) is 14.5 Å². The van der Waals surface area contributed by atoms with Gasteiger partial charge in [0.05, 0.1) is 21.4 Å². The van der Waals surface area contributed by atoms with E-state index in [0.29, 0.717) is 21.4 Å². The van der Waals surface area contributed by atoms with Crippen molar-refractivity contribution in [2.45, 2.75) is 0 Å². The molecule has 0 fully saturated rings. The topological polar surface area (TPSA) is 49.4 Å². The Morgan fingerprint density at radius 3 is 2.70 bits per heavy atom. The Labute approximate surface area is 143 Å². The zero-order valence-electron chi connectivity index (χ0n) is 11.9. The summed E-state index contributed by atoms with van der Waals surface area (Å²) in [5.41, 5.74) is 2.05. The molecule has 23 heavy (non-hydrogen) atoms. The van der Waals surface area contributed by atoms with Crippen molar-refractivity contribution in [2.24, 2.45) is 0 Å². The highest BCUT2D eigenvalue weighted by Crippen LogP contribution is 2.29. The Balaban J connectivity index is 1.84. The van der Waals surface area contributed by atoms with Crippen molar-refractivity contribution in [1.29, 1.82) is 0 Å². The Bertz CT molecular complexity index is 818. The summed E-state index contributed by atoms with van der Waals surface area (Å²) >= 11 is 11.8. The average molecular weight is 347 g/mol. The van der Waals surface area contributed by atoms with E-state index in [4.69, 9.17) is 23.2 Å². The minimum atomic E-state index is -0.279. The van der Waals surface area contributed by atoms with E-state index in [1.807, 2.05) is 6.07 Å². The number of nitrogens with one attached hydrogen (secondary N) is 1. The summed E-state index contributed by atoms with van der Waals surface area (Å²) in [6.07, 6.45) is 3.05. The Hall–Kier alpha value is -2.30. The van der Waals surface area contributed by atoms with Crippen LogP contribution < -0.4 is 10.2 Å². The molecule has 0 spiro atoms. The molecule has 0 unspecified atom stereocenters. The molecule has 6 heteroatoms. The van der Waals surface area contributed by atoms with Gasteiger partial charge in [0.25, 0.3) is 5.91 Å². The molecule has 1 heterocycles. The lowest BCUT2D eigenvalue weighted by Crippen LogP contribution is -2.41. The van der Waals surface area contributed by atoms with Crippen LogP contribution in [0.4, 0.5) is 11.4 Å². The predicted octanol–water partition coefficient (Wildman–Crippen LogP) is 3.99. The highest BCUT2D eigenvalue weighted by atomic mass is 35.5. The second-order valence-corrected chi connectivity index (χ2v) is 5.81. The summed E-state index contributed by atoms with van der Waals surface area (Å²) < 4.78 is 0. The van der Waals surface area contributed by atoms with E-state index in [1.165, 1.54) is 11.0 Å². The zero-order valence-corrected chi connectivity index (χ0v) is 13.4. The van der Waals surface area contributed by atoms with Crippen LogP contribution in [0.15, 0.2) is 48.5 Å². The minimum absolute atomic E-state index is 0.0123. The number of carbonyl (C=O) groups excluding carboxylic acids is 2. The molecule has 0 radical (unpaired) electrons. The van der Waals surface area contributed by atoms with Crippen LogP contribution in [0.1, 0.15) is 5.56 Å². The van der Waals surface area contributed by atoms with Crippen LogP contribution in [0.2, 0.25) is 10.0 Å². The number of amides is 2. The van der Waals surface area contributed by atoms with Crippen LogP contribution in [0.3, 0.4) is 0 Å². The SMILES string of the molecule is O=C1CN(C(=O)/C=C/c2ccc(Cl)c(Cl)c2)c2ccccc2N1. The number of carbonyl (C=O) groups is 2. The van der Waals surface area contributed by atoms with Crippen LogP contribution >= 0.6 is 23.2 Å². The van der Waals surface area contributed by atoms with Gasteiger partial charge in [-0.15, -0.1) is 0 Å². The van der Waals surface area contributed by atoms with Gasteiger partial charge in [-0.2, -0.15) is 0 Å². The van der Waals surface area contributed by atoms with Crippen molar-refractivity contribution < 1.29 is 9.59 Å². The normalized spacial score (nSPS) is 13.8. The number of benzene rings is 2. The summed E-state index contributed by atoms with van der Waals surface area (Å²) in [6.45, 7) is -0.0123. The monoisotopic (exact) mass is 346 g/mol. The molecule has 116 valence electrons. The molecule has 0 saturated heterocycles. The van der Waals surface area contributed by atoms with E-state index in [-0.39, 0.29) is 18.4 Å². The number of hydrogen-bond donors (Lipinski definition) is 1. The third-order valence-corrected chi connectivity index (χ3v) is 4.14. The molecule has 2 aromatic carbocycles. The number of fused-ring (bicyclic) bond motifs is 1. The number of halogens is 2. The van der Waals surface area contributed by atoms with Crippen LogP contribution in [-0.4, -0.2) is 18.4 Å². The molecule has 3 rings (SSSR count). The first kappa shape index (κ1) is 15.6. The molecule has 0 atom stereocenters. The quantitative estimate of drug-likeness (QED) is 0.835. The molecule has 2 aromatic rings. The van der Waals surface area contributed by atoms with E-state index < -0.39 is 0 Å². The molecule has 1 N–H and O–H groups in total. The van der Waals surface area contributed by atoms with Crippen molar-refractivity contribution in [3.63, 3.8) is 0 Å². The van der Waals surface area contributed by atoms with Crippen molar-refractivity contribution in [1.82, 2.24) is 0 Å². The van der Waals surface area contributed by atoms with Crippen molar-refractivity contribution >= 4 is 52.5 Å². The van der Waals surface area contributed by atoms with Crippen molar-refractivity contribution in [3.8, 4) is 0 Å². The molecule has 0 saturated carbocycles. The number of nitrogens with zero attached hydrogens (tertiary/aromatic N) is 1. The Kier molecular flexibility index (Phi) is 4.37. The molecule has 1 aliphatic rings. The summed E-state index contributed by atoms with van der Waals surface area (Å²) in [6, 6.07) is 12.3. The van der Waals surface area contributed by atoms with E-state index in [1.54, 1.807) is 42.5 Å². The van der Waals surface area contributed by atoms with Crippen LogP contribution in [0.25, 0.3) is 6.08 Å². The third kappa shape index (κ3) is 3.38. The second-order valence-electron chi connectivity index (χ2n) is 5.00. The van der Waals surface area contributed by atoms with Crippen molar-refractivity contribution in [2.75, 3.05) is 16.8 Å². The zero-order chi connectivity index (χ0) is 16.4. The fraction of sp³-hybridized carbons (Fsp3) is 0.0588. The second kappa shape index (κ2) is 6.44. The van der Waals surface area contributed by atoms with Crippen LogP contribution in [-0.2, 0) is 9.59 Å². The smallest absolute Gasteiger partial charge is 0.251 e. The number of para-hydroxylation sites is 2. The molecule has 0 bridgehead atoms. The number of anilines is 2. The summed E-state index contributed by atoms with van der Waals surface area (Å²) in [4.78, 5) is 25.6. The predicted molar refractivity (Wildman–Crippen MR) is 92.9 cm³/mol. The van der Waals surface area contributed by atoms with E-state index in [2.05, 4.69) is 5.32 Å². The fourth-order valence-electron chi connectivity index (χ4n) is 2.30. The molecular weight excluding hydrogens is 335 g/mol. The molecule has 0 aliphatic carbocycles. The van der Waals surface area contributed by atoms with Gasteiger partial charge in [0, 0.05) is 6.08 Å². The Morgan fingerprint density at radius 2 is 1.91 bits per heavy atom. The van der Waals surface area contributed by atoms with Crippen LogP contribution in [0, 0.1) is 0 Å². The van der Waals surface area contributed by atoms with Gasteiger partial charge in [-0.05, 0) is 35.9 Å². The van der Waals surface area contributed by atoms with Gasteiger partial charge in [0.1, 0.15) is 6.54 Å². The number of rotatable bonds is 2. The molecular formula is C17H12Cl2N2O2. The summed E-state index contributed by atoms with van der Waals surface area (Å²) in [5, 5.41) is 3.62. The average Bonchev–Trinajstić information content (AvgIpc) is 2.54. The first-order valence-electron chi connectivity index (χ1n) is 6.88. The number of hydrogen-bond acceptors (Lipinski definition) is 2. The maximum absolute atomic E-state index is 12.4. The maximum Gasteiger partial charge on any atom is 0.251 e. The van der Waals surface area contributed by atoms with Gasteiger partial charge >= 0.3 is 0 Å². The van der Waals surface area contributed by atoms with E-state index in [9.17, 15) is 9.59 Å². The highest BCUT2D eigenvalue weighted by Gasteiger charge is 2.24. The fourth-order valence-corrected chi connectivity index (χ4v) is 2.61. The maximum atomic E-state index is 12.4. The van der Waals surface area contributed by atoms with E-state index >= 15 is 0 Å². The molecule has 0 aromatic heterocycles. The highest BCUT2D eigenvalue weighted by molar-refractivity contribution is 6.42. The van der Waals surface area contributed by atoms with Gasteiger partial charge in [0.2, 0.25) is 5.91 Å². The molecule has 2 amide bonds.